The van der Waals surface area contributed by atoms with E-state index in [-0.39, 0.29) is 11.6 Å². The third-order valence-electron chi connectivity index (χ3n) is 2.91. The van der Waals surface area contributed by atoms with E-state index in [1.54, 1.807) is 0 Å². The lowest BCUT2D eigenvalue weighted by Gasteiger charge is -2.37. The average Bonchev–Trinajstić information content (AvgIpc) is 2.24. The topological polar surface area (TPSA) is 29.3 Å². The summed E-state index contributed by atoms with van der Waals surface area (Å²) in [7, 11) is 0. The zero-order valence-electron chi connectivity index (χ0n) is 11.7. The summed E-state index contributed by atoms with van der Waals surface area (Å²) in [4.78, 5) is 2.23. The first-order valence-corrected chi connectivity index (χ1v) is 6.58. The van der Waals surface area contributed by atoms with Crippen LogP contribution in [0.5, 0.6) is 0 Å². The average molecular weight is 267 g/mol. The van der Waals surface area contributed by atoms with Crippen molar-refractivity contribution in [2.45, 2.75) is 39.3 Å². The predicted octanol–water partition coefficient (Wildman–Crippen LogP) is 4.15. The maximum atomic E-state index is 6.38. The van der Waals surface area contributed by atoms with Gasteiger partial charge >= 0.3 is 0 Å². The minimum absolute atomic E-state index is 0.000888. The first-order valence-electron chi connectivity index (χ1n) is 6.21. The van der Waals surface area contributed by atoms with Crippen molar-refractivity contribution in [2.75, 3.05) is 11.4 Å². The molecule has 1 atom stereocenters. The molecule has 0 radical (unpaired) electrons. The van der Waals surface area contributed by atoms with Crippen molar-refractivity contribution < 1.29 is 0 Å². The summed E-state index contributed by atoms with van der Waals surface area (Å²) in [6.45, 7) is 13.0. The maximum Gasteiger partial charge on any atom is 0.0643 e. The van der Waals surface area contributed by atoms with Gasteiger partial charge in [0.15, 0.2) is 0 Å². The molecule has 1 unspecified atom stereocenters. The number of halogens is 1. The minimum Gasteiger partial charge on any atom is -0.362 e. The zero-order chi connectivity index (χ0) is 13.9. The summed E-state index contributed by atoms with van der Waals surface area (Å²) in [6, 6.07) is 6.02. The Morgan fingerprint density at radius 2 is 2.06 bits per heavy atom. The highest BCUT2D eigenvalue weighted by Crippen LogP contribution is 2.32. The van der Waals surface area contributed by atoms with E-state index in [0.717, 1.165) is 22.8 Å². The van der Waals surface area contributed by atoms with Crippen LogP contribution in [-0.4, -0.2) is 12.1 Å². The fourth-order valence-electron chi connectivity index (χ4n) is 1.89. The second-order valence-electron chi connectivity index (χ2n) is 5.57. The van der Waals surface area contributed by atoms with Crippen LogP contribution in [0.2, 0.25) is 5.02 Å². The highest BCUT2D eigenvalue weighted by Gasteiger charge is 2.22. The molecule has 0 fully saturated rings. The van der Waals surface area contributed by atoms with Crippen LogP contribution in [0.1, 0.15) is 39.3 Å². The molecule has 0 bridgehead atoms. The predicted molar refractivity (Wildman–Crippen MR) is 81.4 cm³/mol. The van der Waals surface area contributed by atoms with Crippen molar-refractivity contribution in [1.82, 2.24) is 0 Å². The van der Waals surface area contributed by atoms with Gasteiger partial charge in [-0.15, -0.1) is 6.58 Å². The van der Waals surface area contributed by atoms with E-state index in [1.165, 1.54) is 0 Å². The molecule has 18 heavy (non-hydrogen) atoms. The van der Waals surface area contributed by atoms with E-state index in [2.05, 4.69) is 32.3 Å². The molecule has 0 aliphatic rings. The summed E-state index contributed by atoms with van der Waals surface area (Å²) in [5, 5.41) is 0.738. The van der Waals surface area contributed by atoms with Gasteiger partial charge in [-0.1, -0.05) is 23.7 Å². The molecule has 0 heterocycles. The molecule has 0 spiro atoms. The summed E-state index contributed by atoms with van der Waals surface area (Å²) in [6.07, 6.45) is 1.89. The van der Waals surface area contributed by atoms with Gasteiger partial charge in [0.2, 0.25) is 0 Å². The summed E-state index contributed by atoms with van der Waals surface area (Å²) < 4.78 is 0. The Kier molecular flexibility index (Phi) is 4.83. The summed E-state index contributed by atoms with van der Waals surface area (Å²) >= 11 is 6.38. The van der Waals surface area contributed by atoms with E-state index < -0.39 is 0 Å². The van der Waals surface area contributed by atoms with Crippen LogP contribution in [-0.2, 0) is 0 Å². The maximum absolute atomic E-state index is 6.38. The molecule has 0 amide bonds. The lowest BCUT2D eigenvalue weighted by Crippen LogP contribution is -2.41. The fourth-order valence-corrected chi connectivity index (χ4v) is 2.18. The molecule has 2 nitrogen and oxygen atoms in total. The number of anilines is 1. The number of hydrogen-bond donors (Lipinski definition) is 1. The molecule has 1 aromatic carbocycles. The third kappa shape index (κ3) is 3.50. The van der Waals surface area contributed by atoms with Gasteiger partial charge in [-0.05, 0) is 45.4 Å². The largest absolute Gasteiger partial charge is 0.362 e. The number of rotatable bonds is 4. The summed E-state index contributed by atoms with van der Waals surface area (Å²) in [5.41, 5.74) is 7.93. The van der Waals surface area contributed by atoms with Gasteiger partial charge in [-0.25, -0.2) is 0 Å². The fraction of sp³-hybridized carbons (Fsp3) is 0.467. The van der Waals surface area contributed by atoms with Gasteiger partial charge in [-0.3, -0.25) is 0 Å². The van der Waals surface area contributed by atoms with Gasteiger partial charge < -0.3 is 10.6 Å². The molecule has 100 valence electrons. The molecule has 0 aromatic heterocycles. The standard InChI is InChI=1S/C15H23ClN2/c1-6-9-18(15(3,4)5)14-8-7-12(11(2)17)10-13(14)16/h6-8,10-11H,1,9,17H2,2-5H3. The van der Waals surface area contributed by atoms with E-state index in [9.17, 15) is 0 Å². The monoisotopic (exact) mass is 266 g/mol. The van der Waals surface area contributed by atoms with E-state index >= 15 is 0 Å². The Morgan fingerprint density at radius 1 is 1.44 bits per heavy atom. The first-order chi connectivity index (χ1) is 8.27. The molecule has 3 heteroatoms. The van der Waals surface area contributed by atoms with Crippen molar-refractivity contribution in [3.63, 3.8) is 0 Å². The molecule has 0 aliphatic heterocycles. The highest BCUT2D eigenvalue weighted by molar-refractivity contribution is 6.33. The van der Waals surface area contributed by atoms with Gasteiger partial charge in [0.25, 0.3) is 0 Å². The van der Waals surface area contributed by atoms with Crippen molar-refractivity contribution >= 4 is 17.3 Å². The van der Waals surface area contributed by atoms with Crippen molar-refractivity contribution in [2.24, 2.45) is 5.73 Å². The molecular weight excluding hydrogens is 244 g/mol. The lowest BCUT2D eigenvalue weighted by atomic mass is 10.0. The Bertz CT molecular complexity index is 419. The van der Waals surface area contributed by atoms with Crippen molar-refractivity contribution in [3.8, 4) is 0 Å². The molecule has 2 N–H and O–H groups in total. The van der Waals surface area contributed by atoms with Gasteiger partial charge in [-0.2, -0.15) is 0 Å². The van der Waals surface area contributed by atoms with Crippen LogP contribution in [0.3, 0.4) is 0 Å². The van der Waals surface area contributed by atoms with Crippen molar-refractivity contribution in [3.05, 3.63) is 41.4 Å². The number of nitrogens with zero attached hydrogens (tertiary/aromatic N) is 1. The van der Waals surface area contributed by atoms with E-state index in [4.69, 9.17) is 17.3 Å². The van der Waals surface area contributed by atoms with E-state index in [1.807, 2.05) is 31.2 Å². The molecule has 0 saturated carbocycles. The Balaban J connectivity index is 3.18. The van der Waals surface area contributed by atoms with Crippen LogP contribution in [0, 0.1) is 0 Å². The van der Waals surface area contributed by atoms with Crippen molar-refractivity contribution in [1.29, 1.82) is 0 Å². The minimum atomic E-state index is -0.00627. The quantitative estimate of drug-likeness (QED) is 0.830. The summed E-state index contributed by atoms with van der Waals surface area (Å²) in [5.74, 6) is 0. The second kappa shape index (κ2) is 5.77. The van der Waals surface area contributed by atoms with Crippen LogP contribution in [0.25, 0.3) is 0 Å². The number of benzene rings is 1. The van der Waals surface area contributed by atoms with Crippen LogP contribution >= 0.6 is 11.6 Å². The van der Waals surface area contributed by atoms with Gasteiger partial charge in [0.1, 0.15) is 0 Å². The van der Waals surface area contributed by atoms with Gasteiger partial charge in [0.05, 0.1) is 10.7 Å². The van der Waals surface area contributed by atoms with Crippen LogP contribution < -0.4 is 10.6 Å². The Labute approximate surface area is 115 Å². The van der Waals surface area contributed by atoms with E-state index in [0.29, 0.717) is 0 Å². The highest BCUT2D eigenvalue weighted by atomic mass is 35.5. The van der Waals surface area contributed by atoms with Gasteiger partial charge in [0, 0.05) is 18.1 Å². The SMILES string of the molecule is C=CCN(c1ccc(C(C)N)cc1Cl)C(C)(C)C. The molecular formula is C15H23ClN2. The second-order valence-corrected chi connectivity index (χ2v) is 5.98. The Hall–Kier alpha value is -0.990. The molecule has 1 aromatic rings. The molecule has 1 rings (SSSR count). The number of hydrogen-bond acceptors (Lipinski definition) is 2. The smallest absolute Gasteiger partial charge is 0.0643 e. The lowest BCUT2D eigenvalue weighted by molar-refractivity contribution is 0.522. The van der Waals surface area contributed by atoms with Crippen LogP contribution in [0.4, 0.5) is 5.69 Å². The first kappa shape index (κ1) is 15.1. The van der Waals surface area contributed by atoms with Crippen LogP contribution in [0.15, 0.2) is 30.9 Å². The molecule has 0 aliphatic carbocycles. The Morgan fingerprint density at radius 3 is 2.44 bits per heavy atom. The molecule has 0 saturated heterocycles. The number of nitrogens with two attached hydrogens (primary N) is 1. The normalized spacial score (nSPS) is 13.2. The zero-order valence-corrected chi connectivity index (χ0v) is 12.5. The third-order valence-corrected chi connectivity index (χ3v) is 3.21.